The predicted molar refractivity (Wildman–Crippen MR) is 110 cm³/mol. The molecular formula is C22H34N4O. The van der Waals surface area contributed by atoms with Crippen LogP contribution in [0.5, 0.6) is 0 Å². The Bertz CT molecular complexity index is 779. The van der Waals surface area contributed by atoms with E-state index in [-0.39, 0.29) is 11.3 Å². The van der Waals surface area contributed by atoms with Gasteiger partial charge in [-0.3, -0.25) is 4.79 Å². The first-order chi connectivity index (χ1) is 12.8. The third-order valence-corrected chi connectivity index (χ3v) is 5.32. The van der Waals surface area contributed by atoms with Crippen molar-refractivity contribution < 1.29 is 4.79 Å². The SMILES string of the molecule is CC(C)CN1CCC(CNC(=O)c2nc(C(C)(C)C)n3ccccc23)CC1. The van der Waals surface area contributed by atoms with E-state index in [4.69, 9.17) is 4.98 Å². The van der Waals surface area contributed by atoms with Crippen LogP contribution in [-0.2, 0) is 5.41 Å². The fourth-order valence-corrected chi connectivity index (χ4v) is 3.94. The summed E-state index contributed by atoms with van der Waals surface area (Å²) in [4.78, 5) is 20.1. The van der Waals surface area contributed by atoms with Crippen molar-refractivity contribution in [1.82, 2.24) is 19.6 Å². The second-order valence-corrected chi connectivity index (χ2v) is 9.34. The van der Waals surface area contributed by atoms with Crippen molar-refractivity contribution in [3.05, 3.63) is 35.9 Å². The van der Waals surface area contributed by atoms with Crippen LogP contribution in [0, 0.1) is 11.8 Å². The number of hydrogen-bond acceptors (Lipinski definition) is 3. The first-order valence-corrected chi connectivity index (χ1v) is 10.2. The first kappa shape index (κ1) is 19.9. The van der Waals surface area contributed by atoms with E-state index in [9.17, 15) is 4.79 Å². The lowest BCUT2D eigenvalue weighted by atomic mass is 9.96. The van der Waals surface area contributed by atoms with Gasteiger partial charge in [-0.2, -0.15) is 0 Å². The molecule has 5 heteroatoms. The molecule has 5 nitrogen and oxygen atoms in total. The lowest BCUT2D eigenvalue weighted by Crippen LogP contribution is -2.40. The Kier molecular flexibility index (Phi) is 5.89. The second-order valence-electron chi connectivity index (χ2n) is 9.34. The number of amides is 1. The number of rotatable bonds is 5. The minimum absolute atomic E-state index is 0.0567. The first-order valence-electron chi connectivity index (χ1n) is 10.2. The molecule has 27 heavy (non-hydrogen) atoms. The molecule has 1 aliphatic heterocycles. The van der Waals surface area contributed by atoms with E-state index in [0.29, 0.717) is 17.5 Å². The summed E-state index contributed by atoms with van der Waals surface area (Å²) in [6.45, 7) is 15.1. The van der Waals surface area contributed by atoms with Crippen molar-refractivity contribution in [3.8, 4) is 0 Å². The minimum atomic E-state index is -0.119. The van der Waals surface area contributed by atoms with Gasteiger partial charge in [-0.05, 0) is 49.9 Å². The maximum atomic E-state index is 12.9. The molecule has 1 fully saturated rings. The van der Waals surface area contributed by atoms with Gasteiger partial charge in [-0.1, -0.05) is 40.7 Å². The monoisotopic (exact) mass is 370 g/mol. The van der Waals surface area contributed by atoms with Gasteiger partial charge >= 0.3 is 0 Å². The van der Waals surface area contributed by atoms with Crippen LogP contribution in [0.2, 0.25) is 0 Å². The van der Waals surface area contributed by atoms with Crippen LogP contribution in [0.4, 0.5) is 0 Å². The van der Waals surface area contributed by atoms with Gasteiger partial charge in [0.15, 0.2) is 5.69 Å². The molecule has 148 valence electrons. The molecule has 2 aromatic rings. The highest BCUT2D eigenvalue weighted by molar-refractivity contribution is 5.99. The average molecular weight is 371 g/mol. The van der Waals surface area contributed by atoms with Crippen molar-refractivity contribution in [2.24, 2.45) is 11.8 Å². The van der Waals surface area contributed by atoms with E-state index in [1.165, 1.54) is 6.54 Å². The summed E-state index contributed by atoms with van der Waals surface area (Å²) < 4.78 is 2.04. The predicted octanol–water partition coefficient (Wildman–Crippen LogP) is 3.73. The number of fused-ring (bicyclic) bond motifs is 1. The van der Waals surface area contributed by atoms with Crippen molar-refractivity contribution in [1.29, 1.82) is 0 Å². The molecule has 0 saturated carbocycles. The fraction of sp³-hybridized carbons (Fsp3) is 0.636. The van der Waals surface area contributed by atoms with Gasteiger partial charge in [0, 0.05) is 24.7 Å². The molecule has 0 aliphatic carbocycles. The number of nitrogens with one attached hydrogen (secondary N) is 1. The number of carbonyl (C=O) groups excluding carboxylic acids is 1. The number of aromatic nitrogens is 2. The Morgan fingerprint density at radius 3 is 2.59 bits per heavy atom. The molecule has 0 aromatic carbocycles. The summed E-state index contributed by atoms with van der Waals surface area (Å²) in [6.07, 6.45) is 4.30. The molecular weight excluding hydrogens is 336 g/mol. The molecule has 1 N–H and O–H groups in total. The lowest BCUT2D eigenvalue weighted by Gasteiger charge is -2.32. The highest BCUT2D eigenvalue weighted by Gasteiger charge is 2.26. The van der Waals surface area contributed by atoms with Gasteiger partial charge in [-0.15, -0.1) is 0 Å². The Balaban J connectivity index is 1.64. The third kappa shape index (κ3) is 4.70. The van der Waals surface area contributed by atoms with Crippen molar-refractivity contribution in [2.45, 2.75) is 52.9 Å². The zero-order valence-corrected chi connectivity index (χ0v) is 17.5. The van der Waals surface area contributed by atoms with E-state index >= 15 is 0 Å². The summed E-state index contributed by atoms with van der Waals surface area (Å²) in [7, 11) is 0. The molecule has 3 heterocycles. The second kappa shape index (κ2) is 8.01. The van der Waals surface area contributed by atoms with Gasteiger partial charge in [-0.25, -0.2) is 4.98 Å². The summed E-state index contributed by atoms with van der Waals surface area (Å²) in [5, 5.41) is 3.15. The molecule has 2 aromatic heterocycles. The highest BCUT2D eigenvalue weighted by atomic mass is 16.1. The number of piperidine rings is 1. The molecule has 1 saturated heterocycles. The smallest absolute Gasteiger partial charge is 0.272 e. The van der Waals surface area contributed by atoms with Crippen molar-refractivity contribution >= 4 is 11.4 Å². The summed E-state index contributed by atoms with van der Waals surface area (Å²) in [6, 6.07) is 5.92. The van der Waals surface area contributed by atoms with E-state index in [2.05, 4.69) is 44.8 Å². The number of nitrogens with zero attached hydrogens (tertiary/aromatic N) is 3. The van der Waals surface area contributed by atoms with E-state index in [0.717, 1.165) is 43.8 Å². The van der Waals surface area contributed by atoms with Crippen LogP contribution in [0.25, 0.3) is 5.52 Å². The number of pyridine rings is 1. The number of likely N-dealkylation sites (tertiary alicyclic amines) is 1. The van der Waals surface area contributed by atoms with Crippen LogP contribution in [0.3, 0.4) is 0 Å². The van der Waals surface area contributed by atoms with Crippen LogP contribution in [0.1, 0.15) is 63.8 Å². The molecule has 0 unspecified atom stereocenters. The van der Waals surface area contributed by atoms with Crippen LogP contribution in [-0.4, -0.2) is 46.4 Å². The van der Waals surface area contributed by atoms with Gasteiger partial charge in [0.25, 0.3) is 5.91 Å². The Morgan fingerprint density at radius 1 is 1.26 bits per heavy atom. The van der Waals surface area contributed by atoms with Crippen molar-refractivity contribution in [3.63, 3.8) is 0 Å². The molecule has 1 amide bonds. The van der Waals surface area contributed by atoms with E-state index in [1.54, 1.807) is 0 Å². The maximum Gasteiger partial charge on any atom is 0.272 e. The molecule has 0 atom stereocenters. The zero-order valence-electron chi connectivity index (χ0n) is 17.5. The minimum Gasteiger partial charge on any atom is -0.350 e. The topological polar surface area (TPSA) is 49.6 Å². The van der Waals surface area contributed by atoms with E-state index in [1.807, 2.05) is 28.8 Å². The van der Waals surface area contributed by atoms with Gasteiger partial charge in [0.1, 0.15) is 5.82 Å². The summed E-state index contributed by atoms with van der Waals surface area (Å²) >= 11 is 0. The molecule has 1 aliphatic rings. The van der Waals surface area contributed by atoms with Crippen LogP contribution >= 0.6 is 0 Å². The molecule has 0 spiro atoms. The quantitative estimate of drug-likeness (QED) is 0.872. The van der Waals surface area contributed by atoms with Crippen LogP contribution in [0.15, 0.2) is 24.4 Å². The molecule has 0 radical (unpaired) electrons. The highest BCUT2D eigenvalue weighted by Crippen LogP contribution is 2.25. The summed E-state index contributed by atoms with van der Waals surface area (Å²) in [5.41, 5.74) is 1.30. The average Bonchev–Trinajstić information content (AvgIpc) is 3.00. The molecule has 0 bridgehead atoms. The van der Waals surface area contributed by atoms with E-state index < -0.39 is 0 Å². The van der Waals surface area contributed by atoms with Gasteiger partial charge in [0.2, 0.25) is 0 Å². The Labute approximate surface area is 163 Å². The van der Waals surface area contributed by atoms with Gasteiger partial charge in [0.05, 0.1) is 5.52 Å². The Morgan fingerprint density at radius 2 is 1.96 bits per heavy atom. The number of hydrogen-bond donors (Lipinski definition) is 1. The van der Waals surface area contributed by atoms with Crippen molar-refractivity contribution in [2.75, 3.05) is 26.2 Å². The zero-order chi connectivity index (χ0) is 19.6. The van der Waals surface area contributed by atoms with Crippen LogP contribution < -0.4 is 5.32 Å². The fourth-order valence-electron chi connectivity index (χ4n) is 3.94. The largest absolute Gasteiger partial charge is 0.350 e. The number of carbonyl (C=O) groups is 1. The Hall–Kier alpha value is -1.88. The number of imidazole rings is 1. The lowest BCUT2D eigenvalue weighted by molar-refractivity contribution is 0.0931. The third-order valence-electron chi connectivity index (χ3n) is 5.32. The summed E-state index contributed by atoms with van der Waals surface area (Å²) in [5.74, 6) is 2.14. The maximum absolute atomic E-state index is 12.9. The normalized spacial score (nSPS) is 17.0. The van der Waals surface area contributed by atoms with Gasteiger partial charge < -0.3 is 14.6 Å². The molecule has 3 rings (SSSR count). The standard InChI is InChI=1S/C22H34N4O/c1-16(2)15-25-12-9-17(10-13-25)14-23-20(27)19-18-8-6-7-11-26(18)21(24-19)22(3,4)5/h6-8,11,16-17H,9-10,12-15H2,1-5H3,(H,23,27).